The molecule has 0 aliphatic heterocycles. The van der Waals surface area contributed by atoms with E-state index in [1.807, 2.05) is 0 Å². The van der Waals surface area contributed by atoms with Gasteiger partial charge in [0.05, 0.1) is 8.07 Å². The van der Waals surface area contributed by atoms with E-state index in [0.29, 0.717) is 5.92 Å². The van der Waals surface area contributed by atoms with Crippen LogP contribution in [-0.2, 0) is 6.54 Å². The summed E-state index contributed by atoms with van der Waals surface area (Å²) in [6, 6.07) is 9.05. The summed E-state index contributed by atoms with van der Waals surface area (Å²) in [7, 11) is 3.20. The van der Waals surface area contributed by atoms with Crippen molar-refractivity contribution < 1.29 is 0 Å². The molecule has 1 aliphatic rings. The van der Waals surface area contributed by atoms with Crippen molar-refractivity contribution in [2.45, 2.75) is 51.4 Å². The molecule has 110 valence electrons. The van der Waals surface area contributed by atoms with Crippen LogP contribution in [0, 0.1) is 0 Å². The van der Waals surface area contributed by atoms with Crippen LogP contribution in [0.1, 0.15) is 36.3 Å². The van der Waals surface area contributed by atoms with E-state index >= 15 is 0 Å². The van der Waals surface area contributed by atoms with Crippen molar-refractivity contribution in [3.8, 4) is 0 Å². The molecule has 1 saturated carbocycles. The quantitative estimate of drug-likeness (QED) is 0.718. The Morgan fingerprint density at radius 3 is 2.55 bits per heavy atom. The molecule has 0 aromatic heterocycles. The largest absolute Gasteiger partial charge is 0.305 e. The van der Waals surface area contributed by atoms with E-state index in [0.717, 1.165) is 6.54 Å². The lowest BCUT2D eigenvalue weighted by Gasteiger charge is -2.21. The molecule has 1 aromatic rings. The van der Waals surface area contributed by atoms with Crippen LogP contribution in [0.2, 0.25) is 19.6 Å². The van der Waals surface area contributed by atoms with Crippen LogP contribution in [0.4, 0.5) is 0 Å². The molecular weight excluding hydrogens is 258 g/mol. The van der Waals surface area contributed by atoms with Crippen LogP contribution in [0.15, 0.2) is 35.5 Å². The zero-order valence-corrected chi connectivity index (χ0v) is 14.7. The second-order valence-electron chi connectivity index (χ2n) is 7.47. The molecule has 20 heavy (non-hydrogen) atoms. The van der Waals surface area contributed by atoms with Gasteiger partial charge in [-0.15, -0.1) is 0 Å². The minimum Gasteiger partial charge on any atom is -0.305 e. The van der Waals surface area contributed by atoms with Gasteiger partial charge in [-0.25, -0.2) is 0 Å². The molecule has 1 fully saturated rings. The number of hydrogen-bond donors (Lipinski definition) is 0. The number of hydrogen-bond acceptors (Lipinski definition) is 1. The van der Waals surface area contributed by atoms with Gasteiger partial charge >= 0.3 is 0 Å². The van der Waals surface area contributed by atoms with Gasteiger partial charge < -0.3 is 4.90 Å². The van der Waals surface area contributed by atoms with Crippen molar-refractivity contribution in [1.82, 2.24) is 4.90 Å². The Kier molecular flexibility index (Phi) is 4.87. The van der Waals surface area contributed by atoms with Gasteiger partial charge in [-0.3, -0.25) is 0 Å². The van der Waals surface area contributed by atoms with Crippen molar-refractivity contribution in [3.05, 3.63) is 46.7 Å². The van der Waals surface area contributed by atoms with E-state index < -0.39 is 8.07 Å². The van der Waals surface area contributed by atoms with Gasteiger partial charge in [0.25, 0.3) is 0 Å². The zero-order chi connectivity index (χ0) is 14.8. The minimum atomic E-state index is -1.12. The molecule has 0 N–H and O–H groups in total. The third-order valence-corrected chi connectivity index (χ3v) is 5.18. The molecule has 1 aliphatic carbocycles. The third-order valence-electron chi connectivity index (χ3n) is 3.94. The highest BCUT2D eigenvalue weighted by molar-refractivity contribution is 6.81. The molecule has 1 aromatic carbocycles. The van der Waals surface area contributed by atoms with Crippen molar-refractivity contribution in [1.29, 1.82) is 0 Å². The van der Waals surface area contributed by atoms with E-state index in [1.54, 1.807) is 11.1 Å². The third kappa shape index (κ3) is 4.06. The first-order valence-electron chi connectivity index (χ1n) is 7.81. The van der Waals surface area contributed by atoms with Crippen molar-refractivity contribution >= 4 is 8.07 Å². The Balaban J connectivity index is 2.33. The first-order valence-corrected chi connectivity index (χ1v) is 11.4. The van der Waals surface area contributed by atoms with Crippen LogP contribution < -0.4 is 0 Å². The molecule has 1 unspecified atom stereocenters. The molecule has 0 heterocycles. The van der Waals surface area contributed by atoms with Crippen molar-refractivity contribution in [2.75, 3.05) is 14.1 Å². The van der Waals surface area contributed by atoms with Gasteiger partial charge in [-0.2, -0.15) is 0 Å². The normalized spacial score (nSPS) is 21.9. The lowest BCUT2D eigenvalue weighted by atomic mass is 9.90. The number of rotatable bonds is 4. The summed E-state index contributed by atoms with van der Waals surface area (Å²) in [6.07, 6.45) is 4.00. The van der Waals surface area contributed by atoms with E-state index in [1.165, 1.54) is 24.8 Å². The summed E-state index contributed by atoms with van der Waals surface area (Å²) in [4.78, 5) is 2.27. The van der Waals surface area contributed by atoms with Gasteiger partial charge in [0.15, 0.2) is 0 Å². The van der Waals surface area contributed by atoms with Gasteiger partial charge in [-0.05, 0) is 44.5 Å². The maximum atomic E-state index is 2.65. The summed E-state index contributed by atoms with van der Waals surface area (Å²) >= 11 is 0. The molecule has 2 rings (SSSR count). The number of benzene rings is 1. The van der Waals surface area contributed by atoms with Gasteiger partial charge in [0.1, 0.15) is 0 Å². The summed E-state index contributed by atoms with van der Waals surface area (Å²) in [5.41, 5.74) is 7.45. The Bertz CT molecular complexity index is 482. The van der Waals surface area contributed by atoms with E-state index in [2.05, 4.69) is 68.6 Å². The molecule has 0 amide bonds. The lowest BCUT2D eigenvalue weighted by molar-refractivity contribution is 0.400. The maximum Gasteiger partial charge on any atom is 0.0686 e. The van der Waals surface area contributed by atoms with Crippen LogP contribution in [0.3, 0.4) is 0 Å². The first-order chi connectivity index (χ1) is 9.37. The maximum absolute atomic E-state index is 2.65. The second-order valence-corrected chi connectivity index (χ2v) is 12.5. The van der Waals surface area contributed by atoms with Crippen LogP contribution >= 0.6 is 0 Å². The van der Waals surface area contributed by atoms with E-state index in [4.69, 9.17) is 0 Å². The highest BCUT2D eigenvalue weighted by Crippen LogP contribution is 2.41. The molecule has 1 atom stereocenters. The van der Waals surface area contributed by atoms with E-state index in [-0.39, 0.29) is 0 Å². The Hall–Kier alpha value is -0.863. The monoisotopic (exact) mass is 287 g/mol. The summed E-state index contributed by atoms with van der Waals surface area (Å²) < 4.78 is 0. The van der Waals surface area contributed by atoms with Crippen molar-refractivity contribution in [3.63, 3.8) is 0 Å². The molecule has 0 radical (unpaired) electrons. The van der Waals surface area contributed by atoms with Gasteiger partial charge in [0, 0.05) is 12.5 Å². The predicted molar refractivity (Wildman–Crippen MR) is 91.9 cm³/mol. The first kappa shape index (κ1) is 15.5. The average Bonchev–Trinajstić information content (AvgIpc) is 2.74. The van der Waals surface area contributed by atoms with Gasteiger partial charge in [0.2, 0.25) is 0 Å². The summed E-state index contributed by atoms with van der Waals surface area (Å²) in [5.74, 6) is 0.679. The zero-order valence-electron chi connectivity index (χ0n) is 13.7. The molecule has 0 bridgehead atoms. The van der Waals surface area contributed by atoms with Crippen molar-refractivity contribution in [2.24, 2.45) is 0 Å². The number of allylic oxidation sites excluding steroid dienone is 1. The van der Waals surface area contributed by atoms with Gasteiger partial charge in [-0.1, -0.05) is 55.2 Å². The average molecular weight is 288 g/mol. The molecule has 1 nitrogen and oxygen atoms in total. The molecule has 2 heteroatoms. The lowest BCUT2D eigenvalue weighted by Crippen LogP contribution is -2.18. The van der Waals surface area contributed by atoms with Crippen LogP contribution in [-0.4, -0.2) is 27.1 Å². The SMILES string of the molecule is CN(C)Cc1ccccc1C1CCC/C1=C\[Si](C)(C)C. The second kappa shape index (κ2) is 6.27. The summed E-state index contributed by atoms with van der Waals surface area (Å²) in [5, 5.41) is 0. The fraction of sp³-hybridized carbons (Fsp3) is 0.556. The fourth-order valence-electron chi connectivity index (χ4n) is 3.31. The molecular formula is C18H29NSi. The molecule has 0 saturated heterocycles. The topological polar surface area (TPSA) is 3.24 Å². The number of nitrogens with zero attached hydrogens (tertiary/aromatic N) is 1. The Morgan fingerprint density at radius 2 is 1.90 bits per heavy atom. The van der Waals surface area contributed by atoms with Crippen LogP contribution in [0.5, 0.6) is 0 Å². The highest BCUT2D eigenvalue weighted by atomic mass is 28.3. The molecule has 0 spiro atoms. The Labute approximate surface area is 125 Å². The van der Waals surface area contributed by atoms with Crippen LogP contribution in [0.25, 0.3) is 0 Å². The minimum absolute atomic E-state index is 0.679. The smallest absolute Gasteiger partial charge is 0.0686 e. The Morgan fingerprint density at radius 1 is 1.20 bits per heavy atom. The predicted octanol–water partition coefficient (Wildman–Crippen LogP) is 4.82. The van der Waals surface area contributed by atoms with E-state index in [9.17, 15) is 0 Å². The fourth-order valence-corrected chi connectivity index (χ4v) is 4.77. The highest BCUT2D eigenvalue weighted by Gasteiger charge is 2.26. The summed E-state index contributed by atoms with van der Waals surface area (Å²) in [6.45, 7) is 8.39. The standard InChI is InChI=1S/C18H29NSi/c1-19(2)13-15-9-6-7-11-17(15)18-12-8-10-16(18)14-20(3,4)5/h6-7,9,11,14,18H,8,10,12-13H2,1-5H3/b16-14+.